The molecule has 0 aromatic carbocycles. The zero-order chi connectivity index (χ0) is 13.5. The quantitative estimate of drug-likeness (QED) is 0.557. The van der Waals surface area contributed by atoms with E-state index in [1.165, 1.54) is 0 Å². The molecule has 0 aromatic heterocycles. The van der Waals surface area contributed by atoms with E-state index in [0.717, 1.165) is 6.08 Å². The Kier molecular flexibility index (Phi) is 9.17. The topological polar surface area (TPSA) is 72.8 Å². The van der Waals surface area contributed by atoms with Crippen LogP contribution in [0.4, 0.5) is 0 Å². The summed E-state index contributed by atoms with van der Waals surface area (Å²) in [6.07, 6.45) is 0.627. The van der Waals surface area contributed by atoms with E-state index in [-0.39, 0.29) is 26.6 Å². The lowest BCUT2D eigenvalue weighted by molar-refractivity contribution is -0.159. The van der Waals surface area contributed by atoms with Gasteiger partial charge < -0.3 is 14.6 Å². The van der Waals surface area contributed by atoms with Crippen molar-refractivity contribution >= 4 is 11.9 Å². The lowest BCUT2D eigenvalue weighted by Crippen LogP contribution is -2.31. The fraction of sp³-hybridized carbons (Fsp3) is 0.692. The first-order valence-electron chi connectivity index (χ1n) is 5.48. The molecule has 1 N–H and O–H groups in total. The van der Waals surface area contributed by atoms with Crippen molar-refractivity contribution in [1.82, 2.24) is 0 Å². The number of carbonyl (C=O) groups is 2. The maximum Gasteiger partial charge on any atom is 0.330 e. The van der Waals surface area contributed by atoms with Gasteiger partial charge in [-0.3, -0.25) is 4.79 Å². The molecular weight excluding hydrogens is 236 g/mol. The molecule has 0 radical (unpaired) electrons. The summed E-state index contributed by atoms with van der Waals surface area (Å²) >= 11 is 0. The molecule has 0 aromatic rings. The summed E-state index contributed by atoms with van der Waals surface area (Å²) in [5, 5.41) is 9.39. The van der Waals surface area contributed by atoms with Gasteiger partial charge in [-0.05, 0) is 20.3 Å². The van der Waals surface area contributed by atoms with Crippen LogP contribution in [0.15, 0.2) is 12.7 Å². The molecule has 106 valence electrons. The summed E-state index contributed by atoms with van der Waals surface area (Å²) in [4.78, 5) is 22.2. The van der Waals surface area contributed by atoms with E-state index >= 15 is 0 Å². The third-order valence-electron chi connectivity index (χ3n) is 2.43. The Bertz CT molecular complexity index is 283. The van der Waals surface area contributed by atoms with Crippen molar-refractivity contribution in [2.75, 3.05) is 13.2 Å². The highest BCUT2D eigenvalue weighted by atomic mass is 16.6. The van der Waals surface area contributed by atoms with E-state index in [0.29, 0.717) is 6.42 Å². The molecule has 0 spiro atoms. The average molecular weight is 260 g/mol. The summed E-state index contributed by atoms with van der Waals surface area (Å²) in [6.45, 7) is 8.21. The van der Waals surface area contributed by atoms with Crippen LogP contribution in [-0.4, -0.2) is 36.4 Å². The zero-order valence-electron chi connectivity index (χ0n) is 10.6. The molecule has 0 bridgehead atoms. The summed E-state index contributed by atoms with van der Waals surface area (Å²) in [5.74, 6) is -1.00. The third kappa shape index (κ3) is 7.06. The van der Waals surface area contributed by atoms with Gasteiger partial charge in [0.25, 0.3) is 0 Å². The van der Waals surface area contributed by atoms with Crippen molar-refractivity contribution < 1.29 is 24.2 Å². The Hall–Kier alpha value is -1.36. The van der Waals surface area contributed by atoms with Gasteiger partial charge in [-0.1, -0.05) is 20.9 Å². The van der Waals surface area contributed by atoms with Gasteiger partial charge in [0.05, 0.1) is 5.41 Å². The van der Waals surface area contributed by atoms with Gasteiger partial charge in [0.15, 0.2) is 0 Å². The van der Waals surface area contributed by atoms with E-state index in [1.807, 2.05) is 6.92 Å². The van der Waals surface area contributed by atoms with Gasteiger partial charge in [-0.25, -0.2) is 4.79 Å². The molecule has 0 aliphatic rings. The van der Waals surface area contributed by atoms with Crippen molar-refractivity contribution in [3.63, 3.8) is 0 Å². The molecule has 0 fully saturated rings. The number of ether oxygens (including phenoxy) is 2. The highest BCUT2D eigenvalue weighted by Gasteiger charge is 2.27. The van der Waals surface area contributed by atoms with Crippen molar-refractivity contribution in [3.05, 3.63) is 12.7 Å². The Morgan fingerprint density at radius 3 is 2.28 bits per heavy atom. The maximum absolute atomic E-state index is 11.5. The summed E-state index contributed by atoms with van der Waals surface area (Å²) in [5.41, 5.74) is -0.572. The fourth-order valence-electron chi connectivity index (χ4n) is 0.797. The molecule has 1 atom stereocenters. The molecular formula is C13H24O5. The van der Waals surface area contributed by atoms with Crippen LogP contribution in [-0.2, 0) is 19.1 Å². The second-order valence-corrected chi connectivity index (χ2v) is 4.32. The highest BCUT2D eigenvalue weighted by Crippen LogP contribution is 2.21. The minimum atomic E-state index is -1.02. The van der Waals surface area contributed by atoms with Crippen molar-refractivity contribution in [2.24, 2.45) is 5.41 Å². The van der Waals surface area contributed by atoms with Crippen LogP contribution >= 0.6 is 0 Å². The second kappa shape index (κ2) is 8.69. The van der Waals surface area contributed by atoms with Crippen LogP contribution in [0, 0.1) is 5.41 Å². The first-order valence-corrected chi connectivity index (χ1v) is 5.48. The number of hydrogen-bond donors (Lipinski definition) is 1. The highest BCUT2D eigenvalue weighted by molar-refractivity contribution is 5.81. The van der Waals surface area contributed by atoms with Crippen LogP contribution in [0.3, 0.4) is 0 Å². The number of hydrogen-bond acceptors (Lipinski definition) is 5. The number of carbonyl (C=O) groups excluding carboxylic acids is 2. The monoisotopic (exact) mass is 260 g/mol. The number of rotatable bonds is 7. The van der Waals surface area contributed by atoms with Crippen LogP contribution < -0.4 is 0 Å². The fourth-order valence-corrected chi connectivity index (χ4v) is 0.797. The molecule has 5 heteroatoms. The largest absolute Gasteiger partial charge is 0.462 e. The second-order valence-electron chi connectivity index (χ2n) is 4.32. The van der Waals surface area contributed by atoms with Gasteiger partial charge in [0.2, 0.25) is 0 Å². The molecule has 5 nitrogen and oxygen atoms in total. The molecule has 0 amide bonds. The molecule has 18 heavy (non-hydrogen) atoms. The summed E-state index contributed by atoms with van der Waals surface area (Å²) < 4.78 is 9.52. The van der Waals surface area contributed by atoms with Gasteiger partial charge >= 0.3 is 11.9 Å². The predicted molar refractivity (Wildman–Crippen MR) is 68.9 cm³/mol. The SMILES string of the molecule is C.C=CC(=O)OCC(O)COC(=O)C(C)(C)CC. The minimum absolute atomic E-state index is 0. The van der Waals surface area contributed by atoms with Crippen molar-refractivity contribution in [3.8, 4) is 0 Å². The predicted octanol–water partition coefficient (Wildman–Crippen LogP) is 1.69. The molecule has 0 aliphatic heterocycles. The van der Waals surface area contributed by atoms with Gasteiger partial charge in [-0.2, -0.15) is 0 Å². The zero-order valence-corrected chi connectivity index (χ0v) is 10.6. The van der Waals surface area contributed by atoms with Crippen LogP contribution in [0.1, 0.15) is 34.6 Å². The van der Waals surface area contributed by atoms with Crippen LogP contribution in [0.5, 0.6) is 0 Å². The molecule has 0 aliphatic carbocycles. The van der Waals surface area contributed by atoms with E-state index in [1.54, 1.807) is 13.8 Å². The van der Waals surface area contributed by atoms with Crippen molar-refractivity contribution in [2.45, 2.75) is 40.7 Å². The smallest absolute Gasteiger partial charge is 0.330 e. The average Bonchev–Trinajstić information content (AvgIpc) is 2.32. The van der Waals surface area contributed by atoms with Gasteiger partial charge in [0, 0.05) is 6.08 Å². The Balaban J connectivity index is 0. The normalized spacial score (nSPS) is 12.0. The van der Waals surface area contributed by atoms with Gasteiger partial charge in [0.1, 0.15) is 19.3 Å². The van der Waals surface area contributed by atoms with Crippen LogP contribution in [0.2, 0.25) is 0 Å². The Morgan fingerprint density at radius 2 is 1.83 bits per heavy atom. The van der Waals surface area contributed by atoms with E-state index in [4.69, 9.17) is 4.74 Å². The Morgan fingerprint density at radius 1 is 1.33 bits per heavy atom. The Labute approximate surface area is 109 Å². The first-order chi connectivity index (χ1) is 7.83. The van der Waals surface area contributed by atoms with Crippen LogP contribution in [0.25, 0.3) is 0 Å². The molecule has 0 saturated heterocycles. The minimum Gasteiger partial charge on any atom is -0.462 e. The summed E-state index contributed by atoms with van der Waals surface area (Å²) in [6, 6.07) is 0. The molecule has 0 rings (SSSR count). The molecule has 0 heterocycles. The lowest BCUT2D eigenvalue weighted by atomic mass is 9.91. The molecule has 1 unspecified atom stereocenters. The van der Waals surface area contributed by atoms with E-state index in [2.05, 4.69) is 11.3 Å². The first kappa shape index (κ1) is 19.0. The number of aliphatic hydroxyl groups is 1. The summed E-state index contributed by atoms with van der Waals surface area (Å²) in [7, 11) is 0. The maximum atomic E-state index is 11.5. The third-order valence-corrected chi connectivity index (χ3v) is 2.43. The lowest BCUT2D eigenvalue weighted by Gasteiger charge is -2.21. The van der Waals surface area contributed by atoms with E-state index in [9.17, 15) is 14.7 Å². The van der Waals surface area contributed by atoms with Crippen molar-refractivity contribution in [1.29, 1.82) is 0 Å². The van der Waals surface area contributed by atoms with Gasteiger partial charge in [-0.15, -0.1) is 0 Å². The number of esters is 2. The van der Waals surface area contributed by atoms with E-state index < -0.39 is 17.5 Å². The standard InChI is InChI=1S/C12H20O5.CH4/c1-5-10(14)16-7-9(13)8-17-11(15)12(3,4)6-2;/h5,9,13H,1,6-8H2,2-4H3;1H4. The molecule has 0 saturated carbocycles. The number of aliphatic hydroxyl groups excluding tert-OH is 1.